The summed E-state index contributed by atoms with van der Waals surface area (Å²) in [6, 6.07) is 4.13. The smallest absolute Gasteiger partial charge is 0.360 e. The quantitative estimate of drug-likeness (QED) is 0.782. The number of hydrogen-bond donors (Lipinski definition) is 2. The van der Waals surface area contributed by atoms with Gasteiger partial charge in [-0.25, -0.2) is 4.98 Å². The summed E-state index contributed by atoms with van der Waals surface area (Å²) in [5.41, 5.74) is -0.524. The predicted molar refractivity (Wildman–Crippen MR) is 49.6 cm³/mol. The zero-order valence-electron chi connectivity index (χ0n) is 7.80. The van der Waals surface area contributed by atoms with Crippen LogP contribution >= 0.6 is 0 Å². The maximum absolute atomic E-state index is 12.3. The Labute approximate surface area is 87.2 Å². The third-order valence-corrected chi connectivity index (χ3v) is 1.88. The van der Waals surface area contributed by atoms with Crippen LogP contribution in [0.1, 0.15) is 5.82 Å². The fraction of sp³-hybridized carbons (Fsp3) is 0.111. The Morgan fingerprint density at radius 3 is 2.62 bits per heavy atom. The van der Waals surface area contributed by atoms with Gasteiger partial charge in [-0.2, -0.15) is 13.2 Å². The summed E-state index contributed by atoms with van der Waals surface area (Å²) >= 11 is 0. The largest absolute Gasteiger partial charge is 0.449 e. The number of nitrogens with one attached hydrogen (secondary N) is 2. The molecule has 2 aromatic heterocycles. The summed E-state index contributed by atoms with van der Waals surface area (Å²) in [5, 5.41) is 0. The molecule has 2 N–H and O–H groups in total. The summed E-state index contributed by atoms with van der Waals surface area (Å²) in [6.45, 7) is 0. The molecule has 84 valence electrons. The van der Waals surface area contributed by atoms with E-state index in [1.165, 1.54) is 12.3 Å². The van der Waals surface area contributed by atoms with Gasteiger partial charge < -0.3 is 9.97 Å². The molecule has 0 atom stereocenters. The molecule has 0 aromatic carbocycles. The highest BCUT2D eigenvalue weighted by Gasteiger charge is 2.34. The Morgan fingerprint density at radius 1 is 1.31 bits per heavy atom. The van der Waals surface area contributed by atoms with Crippen LogP contribution in [0, 0.1) is 0 Å². The summed E-state index contributed by atoms with van der Waals surface area (Å²) in [5.74, 6) is -1.30. The van der Waals surface area contributed by atoms with Gasteiger partial charge in [-0.15, -0.1) is 0 Å². The van der Waals surface area contributed by atoms with Gasteiger partial charge in [0.15, 0.2) is 0 Å². The van der Waals surface area contributed by atoms with Gasteiger partial charge in [-0.1, -0.05) is 0 Å². The molecular formula is C9H6F3N3O. The first-order valence-corrected chi connectivity index (χ1v) is 4.29. The Bertz CT molecular complexity index is 542. The van der Waals surface area contributed by atoms with Gasteiger partial charge in [-0.05, 0) is 12.1 Å². The lowest BCUT2D eigenvalue weighted by atomic mass is 10.3. The number of nitrogens with zero attached hydrogens (tertiary/aromatic N) is 1. The normalized spacial score (nSPS) is 11.7. The second-order valence-electron chi connectivity index (χ2n) is 3.06. The van der Waals surface area contributed by atoms with E-state index in [0.29, 0.717) is 5.69 Å². The summed E-state index contributed by atoms with van der Waals surface area (Å²) in [7, 11) is 0. The molecule has 0 bridgehead atoms. The first-order valence-electron chi connectivity index (χ1n) is 4.29. The predicted octanol–water partition coefficient (Wildman–Crippen LogP) is 1.78. The second kappa shape index (κ2) is 3.51. The third-order valence-electron chi connectivity index (χ3n) is 1.88. The monoisotopic (exact) mass is 229 g/mol. The molecule has 16 heavy (non-hydrogen) atoms. The third kappa shape index (κ3) is 1.97. The Kier molecular flexibility index (Phi) is 2.30. The molecule has 0 saturated heterocycles. The lowest BCUT2D eigenvalue weighted by Gasteiger charge is -2.06. The number of alkyl halides is 3. The zero-order chi connectivity index (χ0) is 11.8. The van der Waals surface area contributed by atoms with Crippen LogP contribution in [0.4, 0.5) is 13.2 Å². The van der Waals surface area contributed by atoms with Crippen LogP contribution in [0.25, 0.3) is 11.4 Å². The minimum Gasteiger partial charge on any atom is -0.360 e. The molecule has 0 amide bonds. The van der Waals surface area contributed by atoms with E-state index in [1.54, 1.807) is 11.1 Å². The first-order chi connectivity index (χ1) is 7.47. The average molecular weight is 229 g/mol. The van der Waals surface area contributed by atoms with Crippen molar-refractivity contribution in [1.82, 2.24) is 15.0 Å². The highest BCUT2D eigenvalue weighted by atomic mass is 19.4. The second-order valence-corrected chi connectivity index (χ2v) is 3.06. The van der Waals surface area contributed by atoms with E-state index in [0.717, 1.165) is 6.07 Å². The van der Waals surface area contributed by atoms with Crippen molar-refractivity contribution in [2.45, 2.75) is 6.18 Å². The van der Waals surface area contributed by atoms with Crippen molar-refractivity contribution in [2.75, 3.05) is 0 Å². The molecule has 2 aromatic rings. The van der Waals surface area contributed by atoms with E-state index < -0.39 is 17.6 Å². The lowest BCUT2D eigenvalue weighted by Crippen LogP contribution is -2.18. The molecule has 0 aliphatic carbocycles. The number of rotatable bonds is 1. The van der Waals surface area contributed by atoms with Crippen LogP contribution in [-0.4, -0.2) is 15.0 Å². The van der Waals surface area contributed by atoms with Crippen molar-refractivity contribution in [3.63, 3.8) is 0 Å². The fourth-order valence-electron chi connectivity index (χ4n) is 1.22. The maximum Gasteiger partial charge on any atom is 0.449 e. The fourth-order valence-corrected chi connectivity index (χ4v) is 1.22. The van der Waals surface area contributed by atoms with Crippen LogP contribution in [0.15, 0.2) is 29.2 Å². The van der Waals surface area contributed by atoms with Crippen molar-refractivity contribution in [3.8, 4) is 11.4 Å². The molecule has 2 rings (SSSR count). The van der Waals surface area contributed by atoms with Crippen molar-refractivity contribution in [2.24, 2.45) is 0 Å². The summed E-state index contributed by atoms with van der Waals surface area (Å²) in [6.07, 6.45) is -3.13. The van der Waals surface area contributed by atoms with Crippen LogP contribution in [0.3, 0.4) is 0 Å². The summed E-state index contributed by atoms with van der Waals surface area (Å²) in [4.78, 5) is 18.7. The molecular weight excluding hydrogens is 223 g/mol. The highest BCUT2D eigenvalue weighted by molar-refractivity contribution is 5.53. The molecule has 0 aliphatic heterocycles. The van der Waals surface area contributed by atoms with Gasteiger partial charge in [-0.3, -0.25) is 4.79 Å². The van der Waals surface area contributed by atoms with Crippen LogP contribution in [0.2, 0.25) is 0 Å². The molecule has 4 nitrogen and oxygen atoms in total. The number of halogens is 3. The number of H-pyrrole nitrogens is 2. The SMILES string of the molecule is O=c1cc(-c2ccc[nH]2)nc(C(F)(F)F)[nH]1. The van der Waals surface area contributed by atoms with Gasteiger partial charge in [0.25, 0.3) is 5.56 Å². The van der Waals surface area contributed by atoms with Crippen LogP contribution in [0.5, 0.6) is 0 Å². The van der Waals surface area contributed by atoms with Gasteiger partial charge in [0.05, 0.1) is 11.4 Å². The van der Waals surface area contributed by atoms with Gasteiger partial charge in [0.1, 0.15) is 0 Å². The van der Waals surface area contributed by atoms with E-state index in [1.807, 2.05) is 0 Å². The van der Waals surface area contributed by atoms with Crippen molar-refractivity contribution in [1.29, 1.82) is 0 Å². The highest BCUT2D eigenvalue weighted by Crippen LogP contribution is 2.26. The van der Waals surface area contributed by atoms with E-state index in [4.69, 9.17) is 0 Å². The molecule has 0 fully saturated rings. The minimum absolute atomic E-state index is 0.0407. The Hall–Kier alpha value is -2.05. The van der Waals surface area contributed by atoms with Crippen molar-refractivity contribution in [3.05, 3.63) is 40.6 Å². The van der Waals surface area contributed by atoms with Gasteiger partial charge in [0, 0.05) is 12.3 Å². The molecule has 7 heteroatoms. The van der Waals surface area contributed by atoms with Crippen molar-refractivity contribution >= 4 is 0 Å². The average Bonchev–Trinajstić information content (AvgIpc) is 2.68. The van der Waals surface area contributed by atoms with E-state index in [-0.39, 0.29) is 5.69 Å². The maximum atomic E-state index is 12.3. The lowest BCUT2D eigenvalue weighted by molar-refractivity contribution is -0.145. The Balaban J connectivity index is 2.57. The van der Waals surface area contributed by atoms with Crippen LogP contribution < -0.4 is 5.56 Å². The number of aromatic nitrogens is 3. The van der Waals surface area contributed by atoms with Crippen molar-refractivity contribution < 1.29 is 13.2 Å². The molecule has 2 heterocycles. The van der Waals surface area contributed by atoms with E-state index in [2.05, 4.69) is 9.97 Å². The molecule has 0 unspecified atom stereocenters. The molecule has 0 radical (unpaired) electrons. The standard InChI is InChI=1S/C9H6F3N3O/c10-9(11,12)8-14-6(4-7(16)15-8)5-2-1-3-13-5/h1-4,13H,(H,14,15,16). The Morgan fingerprint density at radius 2 is 2.06 bits per heavy atom. The summed E-state index contributed by atoms with van der Waals surface area (Å²) < 4.78 is 37.0. The topological polar surface area (TPSA) is 61.5 Å². The van der Waals surface area contributed by atoms with E-state index >= 15 is 0 Å². The van der Waals surface area contributed by atoms with Gasteiger partial charge >= 0.3 is 6.18 Å². The first kappa shape index (κ1) is 10.5. The minimum atomic E-state index is -4.66. The zero-order valence-corrected chi connectivity index (χ0v) is 7.80. The molecule has 0 saturated carbocycles. The van der Waals surface area contributed by atoms with Gasteiger partial charge in [0.2, 0.25) is 5.82 Å². The number of hydrogen-bond acceptors (Lipinski definition) is 2. The molecule has 0 spiro atoms. The van der Waals surface area contributed by atoms with Crippen LogP contribution in [-0.2, 0) is 6.18 Å². The van der Waals surface area contributed by atoms with E-state index in [9.17, 15) is 18.0 Å². The molecule has 0 aliphatic rings. The number of aromatic amines is 2.